The lowest BCUT2D eigenvalue weighted by Crippen LogP contribution is -2.19. The molecule has 3 rings (SSSR count). The van der Waals surface area contributed by atoms with Crippen molar-refractivity contribution in [2.24, 2.45) is 0 Å². The lowest BCUT2D eigenvalue weighted by molar-refractivity contribution is 0.664. The molecule has 1 heterocycles. The highest BCUT2D eigenvalue weighted by Crippen LogP contribution is 2.34. The average molecular weight is 237 g/mol. The molecule has 0 saturated heterocycles. The van der Waals surface area contributed by atoms with Crippen LogP contribution in [-0.4, -0.2) is 0 Å². The zero-order valence-electron chi connectivity index (χ0n) is 11.0. The van der Waals surface area contributed by atoms with Crippen molar-refractivity contribution >= 4 is 5.69 Å². The van der Waals surface area contributed by atoms with Crippen molar-refractivity contribution in [3.05, 3.63) is 64.7 Å². The van der Waals surface area contributed by atoms with Crippen molar-refractivity contribution in [2.45, 2.75) is 32.7 Å². The Labute approximate surface area is 109 Å². The van der Waals surface area contributed by atoms with Gasteiger partial charge < -0.3 is 5.32 Å². The van der Waals surface area contributed by atoms with Gasteiger partial charge in [0.1, 0.15) is 0 Å². The Morgan fingerprint density at radius 2 is 1.83 bits per heavy atom. The van der Waals surface area contributed by atoms with Crippen LogP contribution in [0.4, 0.5) is 5.69 Å². The van der Waals surface area contributed by atoms with Gasteiger partial charge in [0.2, 0.25) is 0 Å². The molecule has 0 amide bonds. The molecule has 1 N–H and O–H groups in total. The molecule has 1 aliphatic heterocycles. The van der Waals surface area contributed by atoms with E-state index in [4.69, 9.17) is 0 Å². The van der Waals surface area contributed by atoms with Gasteiger partial charge in [-0.2, -0.15) is 0 Å². The highest BCUT2D eigenvalue weighted by Gasteiger charge is 2.20. The molecule has 1 atom stereocenters. The number of hydrogen-bond donors (Lipinski definition) is 1. The van der Waals surface area contributed by atoms with Crippen LogP contribution in [0.15, 0.2) is 42.5 Å². The van der Waals surface area contributed by atoms with E-state index in [1.54, 1.807) is 0 Å². The van der Waals surface area contributed by atoms with Crippen molar-refractivity contribution < 1.29 is 0 Å². The number of benzene rings is 2. The fourth-order valence-corrected chi connectivity index (χ4v) is 2.82. The van der Waals surface area contributed by atoms with Crippen LogP contribution in [0.2, 0.25) is 0 Å². The fraction of sp³-hybridized carbons (Fsp3) is 0.294. The van der Waals surface area contributed by atoms with Gasteiger partial charge in [-0.25, -0.2) is 0 Å². The quantitative estimate of drug-likeness (QED) is 0.775. The van der Waals surface area contributed by atoms with Gasteiger partial charge in [0.15, 0.2) is 0 Å². The Balaban J connectivity index is 1.94. The van der Waals surface area contributed by atoms with Crippen molar-refractivity contribution in [3.8, 4) is 0 Å². The van der Waals surface area contributed by atoms with Crippen LogP contribution in [0.25, 0.3) is 0 Å². The van der Waals surface area contributed by atoms with Gasteiger partial charge in [0, 0.05) is 5.69 Å². The van der Waals surface area contributed by atoms with Crippen LogP contribution in [0.3, 0.4) is 0 Å². The summed E-state index contributed by atoms with van der Waals surface area (Å²) in [4.78, 5) is 0. The van der Waals surface area contributed by atoms with E-state index in [2.05, 4.69) is 61.6 Å². The Hall–Kier alpha value is -1.76. The van der Waals surface area contributed by atoms with Crippen molar-refractivity contribution in [2.75, 3.05) is 5.32 Å². The fourth-order valence-electron chi connectivity index (χ4n) is 2.82. The van der Waals surface area contributed by atoms with E-state index in [-0.39, 0.29) is 0 Å². The summed E-state index contributed by atoms with van der Waals surface area (Å²) in [6.45, 7) is 4.42. The van der Waals surface area contributed by atoms with Crippen LogP contribution < -0.4 is 5.32 Å². The van der Waals surface area contributed by atoms with Crippen LogP contribution in [0.1, 0.15) is 34.7 Å². The molecule has 1 unspecified atom stereocenters. The first kappa shape index (κ1) is 11.3. The molecule has 92 valence electrons. The third-order valence-electron chi connectivity index (χ3n) is 4.07. The number of aryl methyl sites for hydroxylation is 2. The zero-order chi connectivity index (χ0) is 12.5. The van der Waals surface area contributed by atoms with Gasteiger partial charge in [-0.15, -0.1) is 0 Å². The molecule has 0 aliphatic carbocycles. The van der Waals surface area contributed by atoms with E-state index < -0.39 is 0 Å². The van der Waals surface area contributed by atoms with E-state index in [0.717, 1.165) is 0 Å². The van der Waals surface area contributed by atoms with E-state index >= 15 is 0 Å². The minimum absolute atomic E-state index is 0.458. The maximum atomic E-state index is 3.68. The van der Waals surface area contributed by atoms with Gasteiger partial charge >= 0.3 is 0 Å². The second kappa shape index (κ2) is 4.49. The average Bonchev–Trinajstić information content (AvgIpc) is 2.41. The maximum Gasteiger partial charge on any atom is 0.0519 e. The van der Waals surface area contributed by atoms with E-state index in [1.165, 1.54) is 40.8 Å². The molecule has 0 spiro atoms. The number of fused-ring (bicyclic) bond motifs is 1. The molecule has 0 saturated carbocycles. The summed E-state index contributed by atoms with van der Waals surface area (Å²) in [6.07, 6.45) is 2.35. The smallest absolute Gasteiger partial charge is 0.0519 e. The molecule has 0 bridgehead atoms. The summed E-state index contributed by atoms with van der Waals surface area (Å²) >= 11 is 0. The SMILES string of the molecule is Cc1cccc(C2CCc3ccccc3N2)c1C. The number of rotatable bonds is 1. The number of anilines is 1. The molecule has 18 heavy (non-hydrogen) atoms. The third kappa shape index (κ3) is 1.90. The van der Waals surface area contributed by atoms with E-state index in [9.17, 15) is 0 Å². The summed E-state index contributed by atoms with van der Waals surface area (Å²) < 4.78 is 0. The number of hydrogen-bond acceptors (Lipinski definition) is 1. The molecule has 1 heteroatoms. The van der Waals surface area contributed by atoms with Gasteiger partial charge in [-0.05, 0) is 55.0 Å². The molecule has 0 fully saturated rings. The molecule has 2 aromatic carbocycles. The van der Waals surface area contributed by atoms with Crippen LogP contribution >= 0.6 is 0 Å². The van der Waals surface area contributed by atoms with Crippen LogP contribution in [0, 0.1) is 13.8 Å². The molecular formula is C17H19N. The van der Waals surface area contributed by atoms with Crippen molar-refractivity contribution in [1.82, 2.24) is 0 Å². The molecule has 1 aliphatic rings. The number of nitrogens with one attached hydrogen (secondary N) is 1. The predicted octanol–water partition coefficient (Wildman–Crippen LogP) is 4.40. The highest BCUT2D eigenvalue weighted by molar-refractivity contribution is 5.55. The van der Waals surface area contributed by atoms with Gasteiger partial charge in [0.05, 0.1) is 6.04 Å². The summed E-state index contributed by atoms with van der Waals surface area (Å²) in [5.74, 6) is 0. The predicted molar refractivity (Wildman–Crippen MR) is 77.0 cm³/mol. The maximum absolute atomic E-state index is 3.68. The topological polar surface area (TPSA) is 12.0 Å². The monoisotopic (exact) mass is 237 g/mol. The Kier molecular flexibility index (Phi) is 2.83. The normalized spacial score (nSPS) is 18.0. The van der Waals surface area contributed by atoms with Crippen molar-refractivity contribution in [3.63, 3.8) is 0 Å². The minimum atomic E-state index is 0.458. The van der Waals surface area contributed by atoms with Gasteiger partial charge in [0.25, 0.3) is 0 Å². The standard InChI is InChI=1S/C17H19N/c1-12-6-5-8-15(13(12)2)17-11-10-14-7-3-4-9-16(14)18-17/h3-9,17-18H,10-11H2,1-2H3. The minimum Gasteiger partial charge on any atom is -0.378 e. The summed E-state index contributed by atoms with van der Waals surface area (Å²) in [7, 11) is 0. The Morgan fingerprint density at radius 3 is 2.72 bits per heavy atom. The highest BCUT2D eigenvalue weighted by atomic mass is 14.9. The van der Waals surface area contributed by atoms with Crippen molar-refractivity contribution in [1.29, 1.82) is 0 Å². The summed E-state index contributed by atoms with van der Waals surface area (Å²) in [6, 6.07) is 15.7. The summed E-state index contributed by atoms with van der Waals surface area (Å²) in [5, 5.41) is 3.68. The van der Waals surface area contributed by atoms with Crippen LogP contribution in [0.5, 0.6) is 0 Å². The Bertz CT molecular complexity index is 572. The molecular weight excluding hydrogens is 218 g/mol. The largest absolute Gasteiger partial charge is 0.378 e. The van der Waals surface area contributed by atoms with Crippen LogP contribution in [-0.2, 0) is 6.42 Å². The van der Waals surface area contributed by atoms with E-state index in [1.807, 2.05) is 0 Å². The molecule has 1 nitrogen and oxygen atoms in total. The first-order valence-corrected chi connectivity index (χ1v) is 6.66. The first-order chi connectivity index (χ1) is 8.75. The number of para-hydroxylation sites is 1. The Morgan fingerprint density at radius 1 is 1.00 bits per heavy atom. The summed E-state index contributed by atoms with van der Waals surface area (Å²) in [5.41, 5.74) is 7.00. The second-order valence-corrected chi connectivity index (χ2v) is 5.18. The molecule has 2 aromatic rings. The molecule has 0 aromatic heterocycles. The second-order valence-electron chi connectivity index (χ2n) is 5.18. The first-order valence-electron chi connectivity index (χ1n) is 6.66. The van der Waals surface area contributed by atoms with E-state index in [0.29, 0.717) is 6.04 Å². The van der Waals surface area contributed by atoms with Gasteiger partial charge in [-0.1, -0.05) is 36.4 Å². The zero-order valence-corrected chi connectivity index (χ0v) is 11.0. The lowest BCUT2D eigenvalue weighted by atomic mass is 9.90. The lowest BCUT2D eigenvalue weighted by Gasteiger charge is -2.28. The third-order valence-corrected chi connectivity index (χ3v) is 4.07. The molecule has 0 radical (unpaired) electrons. The van der Waals surface area contributed by atoms with Gasteiger partial charge in [-0.3, -0.25) is 0 Å².